The van der Waals surface area contributed by atoms with Gasteiger partial charge in [0.1, 0.15) is 0 Å². The molecule has 6 heteroatoms. The Morgan fingerprint density at radius 3 is 3.00 bits per heavy atom. The second kappa shape index (κ2) is 6.44. The fourth-order valence-corrected chi connectivity index (χ4v) is 2.78. The number of benzene rings is 1. The number of nitrogens with one attached hydrogen (secondary N) is 1. The van der Waals surface area contributed by atoms with Crippen molar-refractivity contribution in [2.24, 2.45) is 0 Å². The second-order valence-corrected chi connectivity index (χ2v) is 5.83. The molecule has 3 rings (SSSR count). The van der Waals surface area contributed by atoms with E-state index in [1.807, 2.05) is 25.1 Å². The van der Waals surface area contributed by atoms with Crippen LogP contribution in [0.4, 0.5) is 4.79 Å². The molecule has 0 aliphatic carbocycles. The Hall–Kier alpha value is -1.95. The van der Waals surface area contributed by atoms with E-state index in [2.05, 4.69) is 5.32 Å². The zero-order chi connectivity index (χ0) is 15.5. The van der Waals surface area contributed by atoms with E-state index in [1.165, 1.54) is 0 Å². The SMILES string of the molecule is C[C@H](NC(=O)N(C)Cc1ccc2c(c1)OCO2)[C@@H]1CCCO1. The van der Waals surface area contributed by atoms with Gasteiger partial charge in [0.25, 0.3) is 0 Å². The fourth-order valence-electron chi connectivity index (χ4n) is 2.78. The third-order valence-corrected chi connectivity index (χ3v) is 4.08. The van der Waals surface area contributed by atoms with E-state index in [0.29, 0.717) is 6.54 Å². The van der Waals surface area contributed by atoms with Gasteiger partial charge < -0.3 is 24.4 Å². The Kier molecular flexibility index (Phi) is 4.38. The van der Waals surface area contributed by atoms with Crippen LogP contribution < -0.4 is 14.8 Å². The molecule has 0 aromatic heterocycles. The molecule has 1 saturated heterocycles. The molecule has 0 unspecified atom stereocenters. The van der Waals surface area contributed by atoms with Crippen LogP contribution in [0.2, 0.25) is 0 Å². The molecule has 120 valence electrons. The average Bonchev–Trinajstić information content (AvgIpc) is 3.18. The van der Waals surface area contributed by atoms with Gasteiger partial charge in [-0.15, -0.1) is 0 Å². The van der Waals surface area contributed by atoms with E-state index >= 15 is 0 Å². The summed E-state index contributed by atoms with van der Waals surface area (Å²) in [6.07, 6.45) is 2.20. The third-order valence-electron chi connectivity index (χ3n) is 4.08. The van der Waals surface area contributed by atoms with Crippen LogP contribution in [0.25, 0.3) is 0 Å². The van der Waals surface area contributed by atoms with E-state index < -0.39 is 0 Å². The first-order valence-corrected chi connectivity index (χ1v) is 7.65. The number of nitrogens with zero attached hydrogens (tertiary/aromatic N) is 1. The van der Waals surface area contributed by atoms with E-state index in [9.17, 15) is 4.79 Å². The zero-order valence-corrected chi connectivity index (χ0v) is 13.0. The van der Waals surface area contributed by atoms with Gasteiger partial charge in [-0.25, -0.2) is 4.79 Å². The number of hydrogen-bond acceptors (Lipinski definition) is 4. The van der Waals surface area contributed by atoms with Crippen molar-refractivity contribution in [2.75, 3.05) is 20.4 Å². The molecule has 0 spiro atoms. The number of carbonyl (C=O) groups excluding carboxylic acids is 1. The van der Waals surface area contributed by atoms with Crippen LogP contribution in [0.1, 0.15) is 25.3 Å². The number of rotatable bonds is 4. The summed E-state index contributed by atoms with van der Waals surface area (Å²) >= 11 is 0. The first-order valence-electron chi connectivity index (χ1n) is 7.65. The van der Waals surface area contributed by atoms with Crippen LogP contribution in [0.3, 0.4) is 0 Å². The summed E-state index contributed by atoms with van der Waals surface area (Å²) in [5, 5.41) is 3.00. The number of fused-ring (bicyclic) bond motifs is 1. The van der Waals surface area contributed by atoms with Crippen LogP contribution in [0.5, 0.6) is 11.5 Å². The van der Waals surface area contributed by atoms with E-state index in [1.54, 1.807) is 11.9 Å². The molecule has 1 fully saturated rings. The normalized spacial score (nSPS) is 20.7. The predicted molar refractivity (Wildman–Crippen MR) is 81.0 cm³/mol. The largest absolute Gasteiger partial charge is 0.454 e. The van der Waals surface area contributed by atoms with Gasteiger partial charge in [0.2, 0.25) is 6.79 Å². The van der Waals surface area contributed by atoms with Crippen LogP contribution in [-0.4, -0.2) is 43.5 Å². The molecular formula is C16H22N2O4. The maximum absolute atomic E-state index is 12.3. The van der Waals surface area contributed by atoms with E-state index in [-0.39, 0.29) is 25.0 Å². The number of ether oxygens (including phenoxy) is 3. The molecule has 0 radical (unpaired) electrons. The van der Waals surface area contributed by atoms with Gasteiger partial charge in [-0.2, -0.15) is 0 Å². The topological polar surface area (TPSA) is 60.0 Å². The average molecular weight is 306 g/mol. The molecule has 2 atom stereocenters. The summed E-state index contributed by atoms with van der Waals surface area (Å²) in [6, 6.07) is 5.66. The number of amides is 2. The Morgan fingerprint density at radius 1 is 1.41 bits per heavy atom. The Bertz CT molecular complexity index is 543. The molecule has 2 aliphatic rings. The maximum Gasteiger partial charge on any atom is 0.317 e. The molecule has 2 aliphatic heterocycles. The summed E-state index contributed by atoms with van der Waals surface area (Å²) in [4.78, 5) is 13.9. The molecule has 0 bridgehead atoms. The molecule has 1 aromatic rings. The summed E-state index contributed by atoms with van der Waals surface area (Å²) in [6.45, 7) is 3.55. The standard InChI is InChI=1S/C16H22N2O4/c1-11(13-4-3-7-20-13)17-16(19)18(2)9-12-5-6-14-15(8-12)22-10-21-14/h5-6,8,11,13H,3-4,7,9-10H2,1-2H3,(H,17,19)/t11-,13-/m0/s1. The van der Waals surface area contributed by atoms with Gasteiger partial charge in [-0.3, -0.25) is 0 Å². The van der Waals surface area contributed by atoms with Crippen molar-refractivity contribution in [2.45, 2.75) is 38.5 Å². The van der Waals surface area contributed by atoms with Crippen LogP contribution in [0.15, 0.2) is 18.2 Å². The van der Waals surface area contributed by atoms with Gasteiger partial charge in [-0.05, 0) is 37.5 Å². The van der Waals surface area contributed by atoms with Crippen molar-refractivity contribution >= 4 is 6.03 Å². The molecule has 1 N–H and O–H groups in total. The lowest BCUT2D eigenvalue weighted by Crippen LogP contribution is -2.46. The van der Waals surface area contributed by atoms with E-state index in [0.717, 1.165) is 36.5 Å². The Labute approximate surface area is 130 Å². The predicted octanol–water partition coefficient (Wildman–Crippen LogP) is 2.12. The van der Waals surface area contributed by atoms with Gasteiger partial charge in [-0.1, -0.05) is 6.07 Å². The molecule has 0 saturated carbocycles. The van der Waals surface area contributed by atoms with Crippen LogP contribution in [0, 0.1) is 0 Å². The zero-order valence-electron chi connectivity index (χ0n) is 13.0. The maximum atomic E-state index is 12.3. The van der Waals surface area contributed by atoms with Gasteiger partial charge in [0.05, 0.1) is 12.1 Å². The number of carbonyl (C=O) groups is 1. The van der Waals surface area contributed by atoms with Crippen LogP contribution >= 0.6 is 0 Å². The molecular weight excluding hydrogens is 284 g/mol. The highest BCUT2D eigenvalue weighted by Gasteiger charge is 2.24. The minimum atomic E-state index is -0.0966. The van der Waals surface area contributed by atoms with Crippen molar-refractivity contribution in [3.8, 4) is 11.5 Å². The highest BCUT2D eigenvalue weighted by atomic mass is 16.7. The fraction of sp³-hybridized carbons (Fsp3) is 0.562. The Balaban J connectivity index is 1.54. The smallest absolute Gasteiger partial charge is 0.317 e. The lowest BCUT2D eigenvalue weighted by molar-refractivity contribution is 0.0838. The highest BCUT2D eigenvalue weighted by molar-refractivity contribution is 5.74. The Morgan fingerprint density at radius 2 is 2.23 bits per heavy atom. The van der Waals surface area contributed by atoms with Crippen molar-refractivity contribution in [3.63, 3.8) is 0 Å². The first-order chi connectivity index (χ1) is 10.6. The molecule has 22 heavy (non-hydrogen) atoms. The quantitative estimate of drug-likeness (QED) is 0.925. The van der Waals surface area contributed by atoms with Gasteiger partial charge in [0, 0.05) is 20.2 Å². The van der Waals surface area contributed by atoms with E-state index in [4.69, 9.17) is 14.2 Å². The van der Waals surface area contributed by atoms with Crippen LogP contribution in [-0.2, 0) is 11.3 Å². The lowest BCUT2D eigenvalue weighted by Gasteiger charge is -2.24. The van der Waals surface area contributed by atoms with Crippen molar-refractivity contribution in [3.05, 3.63) is 23.8 Å². The molecule has 1 aromatic carbocycles. The summed E-state index contributed by atoms with van der Waals surface area (Å²) < 4.78 is 16.2. The summed E-state index contributed by atoms with van der Waals surface area (Å²) in [5.41, 5.74) is 1.01. The minimum Gasteiger partial charge on any atom is -0.454 e. The second-order valence-electron chi connectivity index (χ2n) is 5.83. The lowest BCUT2D eigenvalue weighted by atomic mass is 10.1. The van der Waals surface area contributed by atoms with Gasteiger partial charge >= 0.3 is 6.03 Å². The molecule has 2 heterocycles. The van der Waals surface area contributed by atoms with Gasteiger partial charge in [0.15, 0.2) is 11.5 Å². The highest BCUT2D eigenvalue weighted by Crippen LogP contribution is 2.32. The summed E-state index contributed by atoms with van der Waals surface area (Å²) in [7, 11) is 1.78. The first kappa shape index (κ1) is 15.0. The molecule has 2 amide bonds. The van der Waals surface area contributed by atoms with Crippen molar-refractivity contribution < 1.29 is 19.0 Å². The summed E-state index contributed by atoms with van der Waals surface area (Å²) in [5.74, 6) is 1.49. The minimum absolute atomic E-state index is 0.0224. The number of urea groups is 1. The monoisotopic (exact) mass is 306 g/mol. The van der Waals surface area contributed by atoms with Crippen molar-refractivity contribution in [1.29, 1.82) is 0 Å². The molecule has 6 nitrogen and oxygen atoms in total. The number of hydrogen-bond donors (Lipinski definition) is 1. The third kappa shape index (κ3) is 3.27. The van der Waals surface area contributed by atoms with Crippen molar-refractivity contribution in [1.82, 2.24) is 10.2 Å².